The van der Waals surface area contributed by atoms with Gasteiger partial charge in [0.05, 0.1) is 0 Å². The van der Waals surface area contributed by atoms with E-state index in [-0.39, 0.29) is 0 Å². The van der Waals surface area contributed by atoms with E-state index in [9.17, 15) is 0 Å². The zero-order valence-corrected chi connectivity index (χ0v) is 11.9. The molecule has 1 aromatic rings. The molecule has 0 spiro atoms. The van der Waals surface area contributed by atoms with Crippen molar-refractivity contribution in [1.29, 1.82) is 0 Å². The second kappa shape index (κ2) is 5.87. The molecule has 4 heteroatoms. The molecule has 0 atom stereocenters. The van der Waals surface area contributed by atoms with Crippen molar-refractivity contribution in [3.05, 3.63) is 17.5 Å². The Morgan fingerprint density at radius 3 is 2.58 bits per heavy atom. The van der Waals surface area contributed by atoms with Crippen LogP contribution in [0.15, 0.2) is 6.20 Å². The summed E-state index contributed by atoms with van der Waals surface area (Å²) >= 11 is 0. The molecule has 1 saturated heterocycles. The number of aromatic nitrogens is 2. The Bertz CT molecular complexity index is 420. The van der Waals surface area contributed by atoms with Crippen LogP contribution in [0, 0.1) is 6.92 Å². The van der Waals surface area contributed by atoms with Gasteiger partial charge in [0.2, 0.25) is 5.95 Å². The van der Waals surface area contributed by atoms with E-state index >= 15 is 0 Å². The quantitative estimate of drug-likeness (QED) is 0.902. The molecule has 0 radical (unpaired) electrons. The Labute approximate surface area is 115 Å². The largest absolute Gasteiger partial charge is 0.341 e. The van der Waals surface area contributed by atoms with Gasteiger partial charge in [0.15, 0.2) is 0 Å². The van der Waals surface area contributed by atoms with Gasteiger partial charge < -0.3 is 10.2 Å². The number of rotatable bonds is 4. The molecule has 1 aliphatic heterocycles. The van der Waals surface area contributed by atoms with Gasteiger partial charge in [-0.05, 0) is 32.6 Å². The van der Waals surface area contributed by atoms with E-state index in [0.717, 1.165) is 37.3 Å². The normalized spacial score (nSPS) is 20.4. The first-order chi connectivity index (χ1) is 9.33. The van der Waals surface area contributed by atoms with Gasteiger partial charge in [-0.25, -0.2) is 9.97 Å². The van der Waals surface area contributed by atoms with Gasteiger partial charge in [-0.3, -0.25) is 0 Å². The molecule has 0 unspecified atom stereocenters. The van der Waals surface area contributed by atoms with Gasteiger partial charge in [0.1, 0.15) is 0 Å². The van der Waals surface area contributed by atoms with Crippen LogP contribution in [0.5, 0.6) is 0 Å². The summed E-state index contributed by atoms with van der Waals surface area (Å²) in [5.41, 5.74) is 2.37. The number of hydrogen-bond acceptors (Lipinski definition) is 4. The van der Waals surface area contributed by atoms with Crippen LogP contribution < -0.4 is 10.2 Å². The van der Waals surface area contributed by atoms with Crippen molar-refractivity contribution >= 4 is 5.95 Å². The molecule has 1 N–H and O–H groups in total. The average Bonchev–Trinajstić information content (AvgIpc) is 3.24. The van der Waals surface area contributed by atoms with Gasteiger partial charge in [-0.15, -0.1) is 0 Å². The first kappa shape index (κ1) is 12.9. The van der Waals surface area contributed by atoms with Crippen LogP contribution >= 0.6 is 0 Å². The van der Waals surface area contributed by atoms with Gasteiger partial charge in [0.25, 0.3) is 0 Å². The number of nitrogens with zero attached hydrogens (tertiary/aromatic N) is 3. The van der Waals surface area contributed by atoms with Crippen molar-refractivity contribution in [2.75, 3.05) is 18.0 Å². The lowest BCUT2D eigenvalue weighted by atomic mass is 10.2. The van der Waals surface area contributed by atoms with Crippen LogP contribution in [0.1, 0.15) is 49.8 Å². The minimum Gasteiger partial charge on any atom is -0.341 e. The molecule has 2 aliphatic rings. The maximum atomic E-state index is 4.71. The number of anilines is 1. The summed E-state index contributed by atoms with van der Waals surface area (Å²) in [5, 5.41) is 3.53. The second-order valence-corrected chi connectivity index (χ2v) is 5.84. The van der Waals surface area contributed by atoms with E-state index in [4.69, 9.17) is 4.98 Å². The molecule has 1 saturated carbocycles. The lowest BCUT2D eigenvalue weighted by Crippen LogP contribution is -2.26. The fourth-order valence-electron chi connectivity index (χ4n) is 2.62. The molecule has 0 amide bonds. The first-order valence-corrected chi connectivity index (χ1v) is 7.64. The summed E-state index contributed by atoms with van der Waals surface area (Å²) in [5.74, 6) is 0.926. The van der Waals surface area contributed by atoms with Crippen LogP contribution in [-0.2, 0) is 6.54 Å². The van der Waals surface area contributed by atoms with Crippen molar-refractivity contribution in [2.45, 2.75) is 58.0 Å². The van der Waals surface area contributed by atoms with E-state index in [2.05, 4.69) is 22.1 Å². The Hall–Kier alpha value is -1.16. The predicted octanol–water partition coefficient (Wildman–Crippen LogP) is 2.42. The predicted molar refractivity (Wildman–Crippen MR) is 77.3 cm³/mol. The first-order valence-electron chi connectivity index (χ1n) is 7.64. The van der Waals surface area contributed by atoms with Crippen LogP contribution in [-0.4, -0.2) is 29.1 Å². The summed E-state index contributed by atoms with van der Waals surface area (Å²) in [6.07, 6.45) is 9.90. The topological polar surface area (TPSA) is 41.1 Å². The highest BCUT2D eigenvalue weighted by atomic mass is 15.2. The lowest BCUT2D eigenvalue weighted by Gasteiger charge is -2.21. The molecular formula is C15H24N4. The Balaban J connectivity index is 1.66. The van der Waals surface area contributed by atoms with Crippen LogP contribution in [0.3, 0.4) is 0 Å². The van der Waals surface area contributed by atoms with E-state index in [1.54, 1.807) is 0 Å². The molecule has 104 valence electrons. The molecule has 1 aliphatic carbocycles. The maximum absolute atomic E-state index is 4.71. The van der Waals surface area contributed by atoms with Gasteiger partial charge in [-0.2, -0.15) is 0 Å². The number of nitrogens with one attached hydrogen (secondary N) is 1. The standard InChI is InChI=1S/C15H24N4/c1-12-13(10-16-14-6-7-14)11-17-15(18-12)19-8-4-2-3-5-9-19/h11,14,16H,2-10H2,1H3. The highest BCUT2D eigenvalue weighted by Gasteiger charge is 2.20. The van der Waals surface area contributed by atoms with Crippen LogP contribution in [0.25, 0.3) is 0 Å². The van der Waals surface area contributed by atoms with E-state index in [1.165, 1.54) is 44.1 Å². The molecule has 2 heterocycles. The summed E-state index contributed by atoms with van der Waals surface area (Å²) in [6, 6.07) is 0.740. The summed E-state index contributed by atoms with van der Waals surface area (Å²) in [7, 11) is 0. The summed E-state index contributed by atoms with van der Waals surface area (Å²) in [6.45, 7) is 5.24. The third-order valence-electron chi connectivity index (χ3n) is 4.12. The third-order valence-corrected chi connectivity index (χ3v) is 4.12. The molecule has 0 bridgehead atoms. The maximum Gasteiger partial charge on any atom is 0.225 e. The van der Waals surface area contributed by atoms with Crippen molar-refractivity contribution < 1.29 is 0 Å². The molecule has 1 aromatic heterocycles. The molecule has 2 fully saturated rings. The zero-order chi connectivity index (χ0) is 13.1. The smallest absolute Gasteiger partial charge is 0.225 e. The Morgan fingerprint density at radius 1 is 1.21 bits per heavy atom. The van der Waals surface area contributed by atoms with Crippen molar-refractivity contribution in [1.82, 2.24) is 15.3 Å². The highest BCUT2D eigenvalue weighted by Crippen LogP contribution is 2.20. The van der Waals surface area contributed by atoms with Crippen LogP contribution in [0.2, 0.25) is 0 Å². The van der Waals surface area contributed by atoms with Crippen LogP contribution in [0.4, 0.5) is 5.95 Å². The van der Waals surface area contributed by atoms with Crippen molar-refractivity contribution in [3.63, 3.8) is 0 Å². The van der Waals surface area contributed by atoms with Crippen molar-refractivity contribution in [3.8, 4) is 0 Å². The monoisotopic (exact) mass is 260 g/mol. The zero-order valence-electron chi connectivity index (χ0n) is 11.9. The summed E-state index contributed by atoms with van der Waals surface area (Å²) in [4.78, 5) is 11.6. The van der Waals surface area contributed by atoms with Gasteiger partial charge in [0, 0.05) is 43.1 Å². The van der Waals surface area contributed by atoms with E-state index in [1.807, 2.05) is 6.20 Å². The molecule has 4 nitrogen and oxygen atoms in total. The molecule has 19 heavy (non-hydrogen) atoms. The number of aryl methyl sites for hydroxylation is 1. The van der Waals surface area contributed by atoms with Crippen molar-refractivity contribution in [2.24, 2.45) is 0 Å². The highest BCUT2D eigenvalue weighted by molar-refractivity contribution is 5.33. The number of hydrogen-bond donors (Lipinski definition) is 1. The summed E-state index contributed by atoms with van der Waals surface area (Å²) < 4.78 is 0. The van der Waals surface area contributed by atoms with E-state index < -0.39 is 0 Å². The minimum absolute atomic E-state index is 0.740. The van der Waals surface area contributed by atoms with Gasteiger partial charge in [-0.1, -0.05) is 12.8 Å². The second-order valence-electron chi connectivity index (χ2n) is 5.84. The third kappa shape index (κ3) is 3.44. The van der Waals surface area contributed by atoms with Gasteiger partial charge >= 0.3 is 0 Å². The Morgan fingerprint density at radius 2 is 1.95 bits per heavy atom. The Kier molecular flexibility index (Phi) is 3.97. The molecular weight excluding hydrogens is 236 g/mol. The SMILES string of the molecule is Cc1nc(N2CCCCCC2)ncc1CNC1CC1. The average molecular weight is 260 g/mol. The molecule has 3 rings (SSSR count). The minimum atomic E-state index is 0.740. The van der Waals surface area contributed by atoms with E-state index in [0.29, 0.717) is 0 Å². The lowest BCUT2D eigenvalue weighted by molar-refractivity contribution is 0.676. The fourth-order valence-corrected chi connectivity index (χ4v) is 2.62. The fraction of sp³-hybridized carbons (Fsp3) is 0.733. The molecule has 0 aromatic carbocycles.